The minimum Gasteiger partial charge on any atom is -0.463 e. The number of carbonyl (C=O) groups is 1. The molecule has 0 atom stereocenters. The van der Waals surface area contributed by atoms with Gasteiger partial charge in [0.05, 0.1) is 13.0 Å². The van der Waals surface area contributed by atoms with E-state index in [0.717, 1.165) is 25.1 Å². The second kappa shape index (κ2) is 42.7. The van der Waals surface area contributed by atoms with Crippen molar-refractivity contribution in [1.29, 1.82) is 0 Å². The molecule has 0 heterocycles. The second-order valence-electron chi connectivity index (χ2n) is 5.76. The van der Waals surface area contributed by atoms with Crippen LogP contribution in [0.3, 0.4) is 0 Å². The molecule has 0 saturated heterocycles. The molecule has 0 aromatic carbocycles. The molecule has 0 fully saturated rings. The van der Waals surface area contributed by atoms with E-state index in [1.54, 1.807) is 49.8 Å². The molecule has 0 unspecified atom stereocenters. The maximum Gasteiger partial charge on any atom is 0.500 e. The number of nitrogens with one attached hydrogen (secondary N) is 1. The van der Waals surface area contributed by atoms with Crippen molar-refractivity contribution in [2.45, 2.75) is 87.2 Å². The smallest absolute Gasteiger partial charge is 0.463 e. The van der Waals surface area contributed by atoms with Crippen LogP contribution >= 0.6 is 0 Å². The second-order valence-corrected chi connectivity index (χ2v) is 12.1. The summed E-state index contributed by atoms with van der Waals surface area (Å²) in [4.78, 5) is 11.3. The first-order chi connectivity index (χ1) is 17.9. The third kappa shape index (κ3) is 31.7. The van der Waals surface area contributed by atoms with Gasteiger partial charge in [0.15, 0.2) is 0 Å². The van der Waals surface area contributed by atoms with Gasteiger partial charge >= 0.3 is 23.6 Å². The third-order valence-electron chi connectivity index (χ3n) is 4.19. The molecule has 1 N–H and O–H groups in total. The van der Waals surface area contributed by atoms with E-state index in [2.05, 4.69) is 5.32 Å². The van der Waals surface area contributed by atoms with Gasteiger partial charge in [-0.1, -0.05) is 62.3 Å². The highest BCUT2D eigenvalue weighted by atomic mass is 28.4. The van der Waals surface area contributed by atoms with Crippen molar-refractivity contribution in [2.24, 2.45) is 0 Å². The van der Waals surface area contributed by atoms with Gasteiger partial charge in [0, 0.05) is 68.4 Å². The van der Waals surface area contributed by atoms with Crippen LogP contribution in [0.1, 0.15) is 75.2 Å². The molecular weight excluding hydrogens is 514 g/mol. The van der Waals surface area contributed by atoms with E-state index in [-0.39, 0.29) is 5.97 Å². The minimum atomic E-state index is -2.47. The average molecular weight is 580 g/mol. The predicted molar refractivity (Wildman–Crippen MR) is 159 cm³/mol. The van der Waals surface area contributed by atoms with Gasteiger partial charge in [0.25, 0.3) is 0 Å². The molecule has 0 radical (unpaired) electrons. The lowest BCUT2D eigenvalue weighted by molar-refractivity contribution is -0.144. The first-order valence-electron chi connectivity index (χ1n) is 13.5. The number of carbonyl (C=O) groups excluding carboxylic acids is 1. The van der Waals surface area contributed by atoms with Crippen molar-refractivity contribution in [1.82, 2.24) is 5.32 Å². The number of rotatable bonds is 17. The summed E-state index contributed by atoms with van der Waals surface area (Å²) in [5.74, 6) is -0.219. The molecule has 0 aliphatic rings. The molecule has 0 bridgehead atoms. The van der Waals surface area contributed by atoms with Crippen LogP contribution in [-0.2, 0) is 40.8 Å². The van der Waals surface area contributed by atoms with Crippen LogP contribution in [0.25, 0.3) is 0 Å². The molecule has 0 amide bonds. The van der Waals surface area contributed by atoms with E-state index in [1.807, 2.05) is 62.3 Å². The van der Waals surface area contributed by atoms with Crippen LogP contribution in [0.4, 0.5) is 0 Å². The molecule has 0 aliphatic carbocycles. The first-order valence-corrected chi connectivity index (χ1v) is 17.4. The third-order valence-corrected chi connectivity index (χ3v) is 9.76. The fraction of sp³-hybridized carbons (Fsp3) is 0.960. The summed E-state index contributed by atoms with van der Waals surface area (Å²) in [6, 6.07) is 1.55. The Kier molecular flexibility index (Phi) is 57.1. The van der Waals surface area contributed by atoms with Gasteiger partial charge in [-0.2, -0.15) is 0 Å². The van der Waals surface area contributed by atoms with Gasteiger partial charge in [-0.15, -0.1) is 0 Å². The van der Waals surface area contributed by atoms with Gasteiger partial charge in [-0.3, -0.25) is 4.79 Å². The maximum atomic E-state index is 11.3. The standard InChI is InChI=1S/C12H27NO6Si.C5H14O3Si.4C2H6/c1-15-9-10-19-12(14)6-8-13-7-5-11-20(16-2,17-3)18-4;1-5-9(6-2,7-3)8-4;4*1-2/h13H,5-11H2,1-4H3;5H2,1-4H3;4*1-2H3. The zero-order chi connectivity index (χ0) is 30.6. The van der Waals surface area contributed by atoms with E-state index in [4.69, 9.17) is 36.0 Å². The average Bonchev–Trinajstić information content (AvgIpc) is 2.99. The van der Waals surface area contributed by atoms with Crippen molar-refractivity contribution in [2.75, 3.05) is 76.1 Å². The highest BCUT2D eigenvalue weighted by molar-refractivity contribution is 6.60. The van der Waals surface area contributed by atoms with E-state index in [9.17, 15) is 4.79 Å². The Balaban J connectivity index is -0.000000118. The number of ether oxygens (including phenoxy) is 2. The van der Waals surface area contributed by atoms with Gasteiger partial charge in [0.2, 0.25) is 0 Å². The fourth-order valence-corrected chi connectivity index (χ4v) is 5.38. The SMILES string of the molecule is CC.CC.CC.CC.CC[Si](OC)(OC)OC.COCCOC(=O)CCNCCC[Si](OC)(OC)OC. The predicted octanol–water partition coefficient (Wildman–Crippen LogP) is 5.41. The Morgan fingerprint density at radius 3 is 1.32 bits per heavy atom. The van der Waals surface area contributed by atoms with Crippen LogP contribution in [0.5, 0.6) is 0 Å². The lowest BCUT2D eigenvalue weighted by Gasteiger charge is -2.24. The Morgan fingerprint density at radius 2 is 1.03 bits per heavy atom. The van der Waals surface area contributed by atoms with Crippen LogP contribution in [0, 0.1) is 0 Å². The largest absolute Gasteiger partial charge is 0.500 e. The molecule has 0 saturated carbocycles. The zero-order valence-electron chi connectivity index (χ0n) is 27.3. The Bertz CT molecular complexity index is 363. The maximum absolute atomic E-state index is 11.3. The summed E-state index contributed by atoms with van der Waals surface area (Å²) in [6.45, 7) is 20.1. The summed E-state index contributed by atoms with van der Waals surface area (Å²) in [5, 5.41) is 3.18. The van der Waals surface area contributed by atoms with Gasteiger partial charge < -0.3 is 41.3 Å². The summed E-state index contributed by atoms with van der Waals surface area (Å²) in [5.41, 5.74) is 0. The Labute approximate surface area is 233 Å². The van der Waals surface area contributed by atoms with Crippen molar-refractivity contribution in [3.63, 3.8) is 0 Å². The monoisotopic (exact) mass is 579 g/mol. The molecule has 0 spiro atoms. The molecule has 0 aromatic rings. The summed E-state index contributed by atoms with van der Waals surface area (Å²) >= 11 is 0. The highest BCUT2D eigenvalue weighted by Gasteiger charge is 2.36. The molecule has 12 heteroatoms. The molecule has 232 valence electrons. The van der Waals surface area contributed by atoms with Crippen molar-refractivity contribution < 1.29 is 40.8 Å². The summed E-state index contributed by atoms with van der Waals surface area (Å²) in [6.07, 6.45) is 1.21. The van der Waals surface area contributed by atoms with E-state index >= 15 is 0 Å². The molecule has 37 heavy (non-hydrogen) atoms. The topological polar surface area (TPSA) is 103 Å². The van der Waals surface area contributed by atoms with Gasteiger partial charge in [0.1, 0.15) is 6.61 Å². The molecule has 0 aliphatic heterocycles. The van der Waals surface area contributed by atoms with Crippen LogP contribution in [0.15, 0.2) is 0 Å². The van der Waals surface area contributed by atoms with E-state index in [0.29, 0.717) is 26.2 Å². The minimum absolute atomic E-state index is 0.219. The zero-order valence-corrected chi connectivity index (χ0v) is 29.3. The van der Waals surface area contributed by atoms with E-state index in [1.165, 1.54) is 0 Å². The van der Waals surface area contributed by atoms with Crippen molar-refractivity contribution >= 4 is 23.6 Å². The quantitative estimate of drug-likeness (QED) is 0.137. The number of hydrogen-bond donors (Lipinski definition) is 1. The highest BCUT2D eigenvalue weighted by Crippen LogP contribution is 2.14. The number of esters is 1. The molecule has 0 rings (SSSR count). The van der Waals surface area contributed by atoms with Crippen molar-refractivity contribution in [3.8, 4) is 0 Å². The summed E-state index contributed by atoms with van der Waals surface area (Å²) in [7, 11) is 6.55. The van der Waals surface area contributed by atoms with Crippen LogP contribution in [0.2, 0.25) is 12.1 Å². The number of methoxy groups -OCH3 is 1. The van der Waals surface area contributed by atoms with Crippen LogP contribution in [-0.4, -0.2) is 99.7 Å². The first kappa shape index (κ1) is 49.5. The van der Waals surface area contributed by atoms with Crippen LogP contribution < -0.4 is 5.32 Å². The van der Waals surface area contributed by atoms with E-state index < -0.39 is 17.6 Å². The van der Waals surface area contributed by atoms with Gasteiger partial charge in [-0.25, -0.2) is 0 Å². The molecule has 10 nitrogen and oxygen atoms in total. The Hall–Kier alpha value is -0.416. The lowest BCUT2D eigenvalue weighted by Crippen LogP contribution is -2.43. The van der Waals surface area contributed by atoms with Gasteiger partial charge in [-0.05, 0) is 13.0 Å². The summed E-state index contributed by atoms with van der Waals surface area (Å²) < 4.78 is 40.9. The molecule has 0 aromatic heterocycles. The number of hydrogen-bond acceptors (Lipinski definition) is 10. The fourth-order valence-electron chi connectivity index (χ4n) is 2.30. The Morgan fingerprint density at radius 1 is 0.622 bits per heavy atom. The normalized spacial score (nSPS) is 9.84. The lowest BCUT2D eigenvalue weighted by atomic mass is 10.4. The van der Waals surface area contributed by atoms with Crippen molar-refractivity contribution in [3.05, 3.63) is 0 Å². The molecular formula is C25H65NO9Si2.